The molecule has 0 radical (unpaired) electrons. The Morgan fingerprint density at radius 3 is 2.88 bits per heavy atom. The zero-order valence-corrected chi connectivity index (χ0v) is 13.0. The smallest absolute Gasteiger partial charge is 0.406 e. The number of hydrogen-bond donors (Lipinski definition) is 3. The number of nitrogens with zero attached hydrogens (tertiary/aromatic N) is 4. The summed E-state index contributed by atoms with van der Waals surface area (Å²) in [5, 5.41) is 36.0. The lowest BCUT2D eigenvalue weighted by Crippen LogP contribution is -2.20. The summed E-state index contributed by atoms with van der Waals surface area (Å²) in [5.41, 5.74) is 0.189. The molecule has 0 amide bonds. The number of nitro groups is 1. The van der Waals surface area contributed by atoms with Crippen LogP contribution in [0.5, 0.6) is 0 Å². The normalized spacial score (nSPS) is 9.92. The van der Waals surface area contributed by atoms with Crippen molar-refractivity contribution in [2.45, 2.75) is 11.8 Å². The van der Waals surface area contributed by atoms with Crippen LogP contribution in [0.2, 0.25) is 6.82 Å². The Morgan fingerprint density at radius 1 is 1.50 bits per heavy atom. The summed E-state index contributed by atoms with van der Waals surface area (Å²) in [4.78, 5) is 17.9. The van der Waals surface area contributed by atoms with Crippen LogP contribution in [-0.2, 0) is 0 Å². The van der Waals surface area contributed by atoms with E-state index in [2.05, 4.69) is 20.5 Å². The zero-order valence-electron chi connectivity index (χ0n) is 12.2. The number of nitrogens with one attached hydrogen (secondary N) is 2. The summed E-state index contributed by atoms with van der Waals surface area (Å²) in [7, 11) is -0.890. The fourth-order valence-electron chi connectivity index (χ4n) is 1.75. The number of thiocyanates is 1. The van der Waals surface area contributed by atoms with Crippen molar-refractivity contribution < 1.29 is 14.3 Å². The number of rotatable bonds is 6. The topological polar surface area (TPSA) is 137 Å². The first-order valence-corrected chi connectivity index (χ1v) is 7.31. The molecular formula is C12H10BFN6O3S. The number of hydrogen-bond acceptors (Lipinski definition) is 9. The summed E-state index contributed by atoms with van der Waals surface area (Å²) in [5.74, 6) is -0.597. The van der Waals surface area contributed by atoms with Crippen LogP contribution in [0.4, 0.5) is 27.4 Å². The molecule has 0 atom stereocenters. The zero-order chi connectivity index (χ0) is 17.7. The molecule has 0 aliphatic carbocycles. The molecule has 2 aromatic rings. The van der Waals surface area contributed by atoms with E-state index < -0.39 is 23.5 Å². The van der Waals surface area contributed by atoms with Crippen LogP contribution in [0, 0.1) is 26.6 Å². The largest absolute Gasteiger partial charge is 0.433 e. The van der Waals surface area contributed by atoms with Crippen LogP contribution in [-0.4, -0.2) is 27.0 Å². The molecule has 1 aromatic carbocycles. The molecule has 3 N–H and O–H groups in total. The number of halogens is 1. The van der Waals surface area contributed by atoms with Gasteiger partial charge in [0.15, 0.2) is 5.03 Å². The van der Waals surface area contributed by atoms with Gasteiger partial charge >= 0.3 is 12.7 Å². The van der Waals surface area contributed by atoms with Gasteiger partial charge in [-0.15, -0.1) is 0 Å². The molecule has 2 rings (SSSR count). The standard InChI is InChI=1S/C12H10BFN6O3S/c1-13(21)19-8-3-2-7(14)4-9(8)17-12-16-5-10(20(22)23)11(18-12)24-6-15/h2-5,19,21H,1H3,(H,16,17,18). The van der Waals surface area contributed by atoms with Gasteiger partial charge in [-0.3, -0.25) is 10.1 Å². The average Bonchev–Trinajstić information content (AvgIpc) is 2.50. The van der Waals surface area contributed by atoms with Crippen LogP contribution in [0.15, 0.2) is 29.4 Å². The summed E-state index contributed by atoms with van der Waals surface area (Å²) >= 11 is 0.516. The van der Waals surface area contributed by atoms with Gasteiger partial charge in [0.2, 0.25) is 5.95 Å². The van der Waals surface area contributed by atoms with Crippen LogP contribution in [0.25, 0.3) is 0 Å². The van der Waals surface area contributed by atoms with Gasteiger partial charge in [0.25, 0.3) is 0 Å². The van der Waals surface area contributed by atoms with Gasteiger partial charge in [-0.1, -0.05) is 0 Å². The van der Waals surface area contributed by atoms with E-state index in [4.69, 9.17) is 5.26 Å². The van der Waals surface area contributed by atoms with Crippen molar-refractivity contribution in [2.24, 2.45) is 0 Å². The number of anilines is 3. The Balaban J connectivity index is 2.37. The quantitative estimate of drug-likeness (QED) is 0.179. The predicted molar refractivity (Wildman–Crippen MR) is 87.3 cm³/mol. The maximum atomic E-state index is 13.4. The van der Waals surface area contributed by atoms with Gasteiger partial charge in [0, 0.05) is 17.4 Å². The van der Waals surface area contributed by atoms with E-state index in [1.54, 1.807) is 5.40 Å². The lowest BCUT2D eigenvalue weighted by Gasteiger charge is -2.13. The highest BCUT2D eigenvalue weighted by atomic mass is 32.2. The maximum absolute atomic E-state index is 13.4. The minimum Gasteiger partial charge on any atom is -0.433 e. The van der Waals surface area contributed by atoms with Gasteiger partial charge in [0.1, 0.15) is 17.4 Å². The molecular weight excluding hydrogens is 338 g/mol. The van der Waals surface area contributed by atoms with Crippen LogP contribution < -0.4 is 10.5 Å². The van der Waals surface area contributed by atoms with E-state index in [9.17, 15) is 19.5 Å². The monoisotopic (exact) mass is 348 g/mol. The van der Waals surface area contributed by atoms with Gasteiger partial charge in [0.05, 0.1) is 10.6 Å². The number of thioether (sulfide) groups is 1. The third-order valence-corrected chi connectivity index (χ3v) is 3.25. The van der Waals surface area contributed by atoms with Crippen molar-refractivity contribution >= 4 is 41.8 Å². The van der Waals surface area contributed by atoms with Crippen molar-refractivity contribution in [3.63, 3.8) is 0 Å². The van der Waals surface area contributed by atoms with Crippen LogP contribution in [0.3, 0.4) is 0 Å². The molecule has 0 saturated heterocycles. The van der Waals surface area contributed by atoms with Crippen molar-refractivity contribution in [1.29, 1.82) is 5.26 Å². The molecule has 24 heavy (non-hydrogen) atoms. The van der Waals surface area contributed by atoms with Crippen molar-refractivity contribution in [1.82, 2.24) is 9.97 Å². The minimum absolute atomic E-state index is 0.0578. The van der Waals surface area contributed by atoms with Crippen LogP contribution in [0.1, 0.15) is 0 Å². The summed E-state index contributed by atoms with van der Waals surface area (Å²) in [6, 6.07) is 3.75. The SMILES string of the molecule is CB(O)Nc1ccc(F)cc1Nc1ncc([N+](=O)[O-])c(SC#N)n1. The first-order chi connectivity index (χ1) is 11.4. The molecule has 0 aliphatic rings. The van der Waals surface area contributed by atoms with Gasteiger partial charge in [-0.25, -0.2) is 9.37 Å². The minimum atomic E-state index is -0.890. The van der Waals surface area contributed by atoms with Crippen molar-refractivity contribution in [2.75, 3.05) is 10.5 Å². The molecule has 0 bridgehead atoms. The van der Waals surface area contributed by atoms with E-state index in [0.29, 0.717) is 17.4 Å². The van der Waals surface area contributed by atoms with Gasteiger partial charge in [-0.2, -0.15) is 10.2 Å². The molecule has 1 heterocycles. The van der Waals surface area contributed by atoms with E-state index in [-0.39, 0.29) is 16.7 Å². The third kappa shape index (κ3) is 4.31. The molecule has 12 heteroatoms. The first kappa shape index (κ1) is 17.4. The number of nitriles is 1. The Bertz CT molecular complexity index is 816. The predicted octanol–water partition coefficient (Wildman–Crippen LogP) is 2.36. The highest BCUT2D eigenvalue weighted by Gasteiger charge is 2.19. The highest BCUT2D eigenvalue weighted by molar-refractivity contribution is 8.03. The second kappa shape index (κ2) is 7.58. The Hall–Kier alpha value is -2.91. The molecule has 9 nitrogen and oxygen atoms in total. The van der Waals surface area contributed by atoms with E-state index in [0.717, 1.165) is 12.3 Å². The molecule has 0 spiro atoms. The number of benzene rings is 1. The first-order valence-electron chi connectivity index (χ1n) is 6.49. The second-order valence-corrected chi connectivity index (χ2v) is 5.24. The summed E-state index contributed by atoms with van der Waals surface area (Å²) in [6.07, 6.45) is 0.954. The van der Waals surface area contributed by atoms with Gasteiger partial charge in [-0.05, 0) is 25.0 Å². The highest BCUT2D eigenvalue weighted by Crippen LogP contribution is 2.29. The third-order valence-electron chi connectivity index (χ3n) is 2.67. The lowest BCUT2D eigenvalue weighted by molar-refractivity contribution is -0.388. The Morgan fingerprint density at radius 2 is 2.25 bits per heavy atom. The summed E-state index contributed by atoms with van der Waals surface area (Å²) in [6.45, 7) is 1.48. The Labute approximate surface area is 140 Å². The van der Waals surface area contributed by atoms with Crippen molar-refractivity contribution in [3.05, 3.63) is 40.3 Å². The van der Waals surface area contributed by atoms with E-state index in [1.165, 1.54) is 19.0 Å². The fraction of sp³-hybridized carbons (Fsp3) is 0.0833. The number of aromatic nitrogens is 2. The lowest BCUT2D eigenvalue weighted by atomic mass is 9.88. The van der Waals surface area contributed by atoms with Crippen LogP contribution >= 0.6 is 11.8 Å². The van der Waals surface area contributed by atoms with E-state index in [1.807, 2.05) is 0 Å². The molecule has 122 valence electrons. The average molecular weight is 348 g/mol. The molecule has 0 fully saturated rings. The van der Waals surface area contributed by atoms with E-state index >= 15 is 0 Å². The second-order valence-electron chi connectivity index (χ2n) is 4.47. The molecule has 0 saturated carbocycles. The van der Waals surface area contributed by atoms with Gasteiger partial charge < -0.3 is 15.6 Å². The molecule has 0 aliphatic heterocycles. The summed E-state index contributed by atoms with van der Waals surface area (Å²) < 4.78 is 13.4. The fourth-order valence-corrected chi connectivity index (χ4v) is 2.21. The molecule has 1 aromatic heterocycles. The Kier molecular flexibility index (Phi) is 5.51. The van der Waals surface area contributed by atoms with Crippen molar-refractivity contribution in [3.8, 4) is 5.40 Å². The maximum Gasteiger partial charge on any atom is 0.406 e. The molecule has 0 unspecified atom stereocenters.